The van der Waals surface area contributed by atoms with Gasteiger partial charge in [0.05, 0.1) is 5.92 Å². The fraction of sp³-hybridized carbons (Fsp3) is 0.348. The van der Waals surface area contributed by atoms with E-state index in [2.05, 4.69) is 5.32 Å². The number of ether oxygens (including phenoxy) is 1. The Hall–Kier alpha value is -3.22. The third-order valence-electron chi connectivity index (χ3n) is 5.10. The fourth-order valence-corrected chi connectivity index (χ4v) is 3.47. The summed E-state index contributed by atoms with van der Waals surface area (Å²) in [5.74, 6) is -1.92. The van der Waals surface area contributed by atoms with Crippen LogP contribution in [0, 0.1) is 11.7 Å². The quantitative estimate of drug-likeness (QED) is 0.734. The second-order valence-electron chi connectivity index (χ2n) is 7.26. The molecule has 7 heteroatoms. The molecule has 1 aliphatic heterocycles. The molecule has 3 rings (SSSR count). The molecule has 0 spiro atoms. The number of hydrogen-bond donors (Lipinski definition) is 1. The van der Waals surface area contributed by atoms with Crippen LogP contribution in [0.15, 0.2) is 54.6 Å². The topological polar surface area (TPSA) is 75.7 Å². The first-order valence-electron chi connectivity index (χ1n) is 10.1. The standard InChI is InChI=1S/C23H25FN2O4/c1-2-20(27)26-14-6-9-17(15-26)23(29)30-21(16-7-4-3-5-8-16)22(28)25-19-12-10-18(24)11-13-19/h3-5,7-8,10-13,17,21H,2,6,9,14-15H2,1H3,(H,25,28). The Labute approximate surface area is 175 Å². The molecule has 30 heavy (non-hydrogen) atoms. The van der Waals surface area contributed by atoms with Crippen LogP contribution in [-0.4, -0.2) is 35.8 Å². The first kappa shape index (κ1) is 21.5. The van der Waals surface area contributed by atoms with Crippen LogP contribution >= 0.6 is 0 Å². The fourth-order valence-electron chi connectivity index (χ4n) is 3.47. The van der Waals surface area contributed by atoms with Gasteiger partial charge in [0, 0.05) is 30.8 Å². The number of carbonyl (C=O) groups is 3. The third kappa shape index (κ3) is 5.43. The number of esters is 1. The number of halogens is 1. The zero-order valence-electron chi connectivity index (χ0n) is 16.8. The van der Waals surface area contributed by atoms with Crippen LogP contribution in [0.25, 0.3) is 0 Å². The van der Waals surface area contributed by atoms with Gasteiger partial charge in [0.2, 0.25) is 12.0 Å². The normalized spacial score (nSPS) is 17.1. The van der Waals surface area contributed by atoms with E-state index in [-0.39, 0.29) is 5.91 Å². The van der Waals surface area contributed by atoms with Crippen molar-refractivity contribution in [1.29, 1.82) is 0 Å². The highest BCUT2D eigenvalue weighted by Crippen LogP contribution is 2.25. The van der Waals surface area contributed by atoms with Gasteiger partial charge >= 0.3 is 5.97 Å². The maximum atomic E-state index is 13.1. The number of piperidine rings is 1. The summed E-state index contributed by atoms with van der Waals surface area (Å²) in [6.45, 7) is 2.71. The second kappa shape index (κ2) is 10.0. The van der Waals surface area contributed by atoms with Crippen LogP contribution in [0.4, 0.5) is 10.1 Å². The van der Waals surface area contributed by atoms with Crippen molar-refractivity contribution in [1.82, 2.24) is 4.90 Å². The van der Waals surface area contributed by atoms with Gasteiger partial charge in [0.15, 0.2) is 0 Å². The van der Waals surface area contributed by atoms with E-state index < -0.39 is 29.7 Å². The van der Waals surface area contributed by atoms with Crippen molar-refractivity contribution >= 4 is 23.5 Å². The highest BCUT2D eigenvalue weighted by atomic mass is 19.1. The number of nitrogens with one attached hydrogen (secondary N) is 1. The lowest BCUT2D eigenvalue weighted by Gasteiger charge is -2.32. The van der Waals surface area contributed by atoms with Gasteiger partial charge in [0.25, 0.3) is 5.91 Å². The van der Waals surface area contributed by atoms with Crippen molar-refractivity contribution < 1.29 is 23.5 Å². The van der Waals surface area contributed by atoms with Crippen LogP contribution in [-0.2, 0) is 19.1 Å². The monoisotopic (exact) mass is 412 g/mol. The molecule has 1 N–H and O–H groups in total. The molecule has 0 bridgehead atoms. The zero-order valence-corrected chi connectivity index (χ0v) is 16.8. The number of anilines is 1. The number of carbonyl (C=O) groups excluding carboxylic acids is 3. The first-order chi connectivity index (χ1) is 14.5. The molecule has 158 valence electrons. The van der Waals surface area contributed by atoms with Crippen molar-refractivity contribution in [3.8, 4) is 0 Å². The number of benzene rings is 2. The molecule has 6 nitrogen and oxygen atoms in total. The maximum Gasteiger partial charge on any atom is 0.311 e. The average Bonchev–Trinajstić information content (AvgIpc) is 2.78. The van der Waals surface area contributed by atoms with Gasteiger partial charge in [-0.15, -0.1) is 0 Å². The minimum absolute atomic E-state index is 0.00108. The molecule has 1 heterocycles. The van der Waals surface area contributed by atoms with Gasteiger partial charge in [-0.1, -0.05) is 37.3 Å². The summed E-state index contributed by atoms with van der Waals surface area (Å²) in [5, 5.41) is 2.66. The maximum absolute atomic E-state index is 13.1. The first-order valence-corrected chi connectivity index (χ1v) is 10.1. The summed E-state index contributed by atoms with van der Waals surface area (Å²) in [6, 6.07) is 14.1. The van der Waals surface area contributed by atoms with Gasteiger partial charge in [-0.05, 0) is 37.1 Å². The van der Waals surface area contributed by atoms with Gasteiger partial charge in [0.1, 0.15) is 5.82 Å². The molecule has 0 aromatic heterocycles. The summed E-state index contributed by atoms with van der Waals surface area (Å²) in [4.78, 5) is 39.4. The number of likely N-dealkylation sites (tertiary alicyclic amines) is 1. The van der Waals surface area contributed by atoms with E-state index in [4.69, 9.17) is 4.74 Å². The summed E-state index contributed by atoms with van der Waals surface area (Å²) >= 11 is 0. The van der Waals surface area contributed by atoms with Crippen molar-refractivity contribution in [2.45, 2.75) is 32.3 Å². The summed E-state index contributed by atoms with van der Waals surface area (Å²) in [6.07, 6.45) is 0.548. The van der Waals surface area contributed by atoms with E-state index >= 15 is 0 Å². The molecule has 2 amide bonds. The third-order valence-corrected chi connectivity index (χ3v) is 5.10. The van der Waals surface area contributed by atoms with Crippen molar-refractivity contribution in [3.05, 3.63) is 66.0 Å². The predicted octanol–water partition coefficient (Wildman–Crippen LogP) is 3.70. The summed E-state index contributed by atoms with van der Waals surface area (Å²) < 4.78 is 18.8. The lowest BCUT2D eigenvalue weighted by molar-refractivity contribution is -0.161. The van der Waals surface area contributed by atoms with Crippen LogP contribution in [0.1, 0.15) is 37.9 Å². The number of nitrogens with zero attached hydrogens (tertiary/aromatic N) is 1. The smallest absolute Gasteiger partial charge is 0.311 e. The number of amides is 2. The van der Waals surface area contributed by atoms with E-state index in [0.717, 1.165) is 0 Å². The van der Waals surface area contributed by atoms with Crippen molar-refractivity contribution in [2.75, 3.05) is 18.4 Å². The predicted molar refractivity (Wildman–Crippen MR) is 110 cm³/mol. The molecular weight excluding hydrogens is 387 g/mol. The van der Waals surface area contributed by atoms with Crippen LogP contribution in [0.5, 0.6) is 0 Å². The molecule has 0 radical (unpaired) electrons. The van der Waals surface area contributed by atoms with E-state index in [1.54, 1.807) is 42.2 Å². The Morgan fingerprint density at radius 1 is 1.13 bits per heavy atom. The molecule has 2 atom stereocenters. The Morgan fingerprint density at radius 3 is 2.50 bits per heavy atom. The molecule has 2 aromatic carbocycles. The Balaban J connectivity index is 1.74. The highest BCUT2D eigenvalue weighted by Gasteiger charge is 2.33. The Kier molecular flexibility index (Phi) is 7.17. The average molecular weight is 412 g/mol. The molecular formula is C23H25FN2O4. The van der Waals surface area contributed by atoms with Gasteiger partial charge in [-0.25, -0.2) is 4.39 Å². The zero-order chi connectivity index (χ0) is 21.5. The highest BCUT2D eigenvalue weighted by molar-refractivity contribution is 5.96. The van der Waals surface area contributed by atoms with Crippen molar-refractivity contribution in [2.24, 2.45) is 5.92 Å². The molecule has 0 aliphatic carbocycles. The number of rotatable bonds is 6. The molecule has 1 fully saturated rings. The van der Waals surface area contributed by atoms with Crippen LogP contribution in [0.2, 0.25) is 0 Å². The minimum atomic E-state index is -1.15. The van der Waals surface area contributed by atoms with Crippen molar-refractivity contribution in [3.63, 3.8) is 0 Å². The number of hydrogen-bond acceptors (Lipinski definition) is 4. The van der Waals surface area contributed by atoms with Crippen LogP contribution < -0.4 is 5.32 Å². The van der Waals surface area contributed by atoms with E-state index in [9.17, 15) is 18.8 Å². The van der Waals surface area contributed by atoms with Gasteiger partial charge in [-0.2, -0.15) is 0 Å². The molecule has 1 aliphatic rings. The SMILES string of the molecule is CCC(=O)N1CCCC(C(=O)OC(C(=O)Nc2ccc(F)cc2)c2ccccc2)C1. The lowest BCUT2D eigenvalue weighted by Crippen LogP contribution is -2.43. The van der Waals surface area contributed by atoms with Gasteiger partial charge in [-0.3, -0.25) is 14.4 Å². The Morgan fingerprint density at radius 2 is 1.83 bits per heavy atom. The summed E-state index contributed by atoms with van der Waals surface area (Å²) in [5.41, 5.74) is 0.929. The largest absolute Gasteiger partial charge is 0.447 e. The molecule has 0 saturated carbocycles. The van der Waals surface area contributed by atoms with E-state index in [0.29, 0.717) is 43.6 Å². The van der Waals surface area contributed by atoms with E-state index in [1.165, 1.54) is 24.3 Å². The summed E-state index contributed by atoms with van der Waals surface area (Å²) in [7, 11) is 0. The lowest BCUT2D eigenvalue weighted by atomic mass is 9.97. The molecule has 1 saturated heterocycles. The van der Waals surface area contributed by atoms with Gasteiger partial charge < -0.3 is 15.0 Å². The molecule has 2 unspecified atom stereocenters. The Bertz CT molecular complexity index is 886. The molecule has 2 aromatic rings. The minimum Gasteiger partial charge on any atom is -0.447 e. The second-order valence-corrected chi connectivity index (χ2v) is 7.26. The van der Waals surface area contributed by atoms with Crippen LogP contribution in [0.3, 0.4) is 0 Å². The van der Waals surface area contributed by atoms with E-state index in [1.807, 2.05) is 0 Å².